The third kappa shape index (κ3) is 5.11. The van der Waals surface area contributed by atoms with Gasteiger partial charge in [0.1, 0.15) is 17.6 Å². The SMILES string of the molecule is COc1ccc(C[C@H](NS(=O)(=O)c2ccc(Cn3c(C)nc4ccccc43)cc2)C(=O)O)cc1. The number of carbonyl (C=O) groups is 1. The van der Waals surface area contributed by atoms with Gasteiger partial charge in [0.2, 0.25) is 10.0 Å². The second-order valence-corrected chi connectivity index (χ2v) is 9.66. The Hall–Kier alpha value is -3.69. The van der Waals surface area contributed by atoms with Gasteiger partial charge in [-0.3, -0.25) is 4.79 Å². The Morgan fingerprint density at radius 2 is 1.68 bits per heavy atom. The molecule has 0 radical (unpaired) electrons. The molecular weight excluding hydrogens is 454 g/mol. The minimum Gasteiger partial charge on any atom is -0.497 e. The van der Waals surface area contributed by atoms with Crippen LogP contribution in [0.15, 0.2) is 77.7 Å². The minimum absolute atomic E-state index is 0.00359. The highest BCUT2D eigenvalue weighted by Gasteiger charge is 2.25. The minimum atomic E-state index is -4.03. The van der Waals surface area contributed by atoms with E-state index < -0.39 is 22.0 Å². The lowest BCUT2D eigenvalue weighted by atomic mass is 10.1. The predicted octanol–water partition coefficient (Wildman–Crippen LogP) is 3.38. The van der Waals surface area contributed by atoms with E-state index in [1.165, 1.54) is 19.2 Å². The summed E-state index contributed by atoms with van der Waals surface area (Å²) < 4.78 is 35.2. The summed E-state index contributed by atoms with van der Waals surface area (Å²) in [6.45, 7) is 2.47. The molecule has 0 aliphatic rings. The average Bonchev–Trinajstić information content (AvgIpc) is 3.14. The number of aromatic nitrogens is 2. The van der Waals surface area contributed by atoms with Gasteiger partial charge in [0.25, 0.3) is 0 Å². The smallest absolute Gasteiger partial charge is 0.322 e. The van der Waals surface area contributed by atoms with Crippen LogP contribution in [0.25, 0.3) is 11.0 Å². The van der Waals surface area contributed by atoms with Gasteiger partial charge in [0.05, 0.1) is 23.0 Å². The summed E-state index contributed by atoms with van der Waals surface area (Å²) in [5.41, 5.74) is 3.48. The number of methoxy groups -OCH3 is 1. The second-order valence-electron chi connectivity index (χ2n) is 7.94. The fourth-order valence-electron chi connectivity index (χ4n) is 3.78. The van der Waals surface area contributed by atoms with Crippen LogP contribution in [-0.2, 0) is 27.8 Å². The van der Waals surface area contributed by atoms with Crippen molar-refractivity contribution in [3.8, 4) is 5.75 Å². The van der Waals surface area contributed by atoms with E-state index in [0.717, 1.165) is 22.4 Å². The van der Waals surface area contributed by atoms with Crippen molar-refractivity contribution in [1.82, 2.24) is 14.3 Å². The van der Waals surface area contributed by atoms with E-state index in [4.69, 9.17) is 4.74 Å². The number of carboxylic acid groups (broad SMARTS) is 1. The monoisotopic (exact) mass is 479 g/mol. The number of fused-ring (bicyclic) bond motifs is 1. The van der Waals surface area contributed by atoms with Crippen molar-refractivity contribution in [3.05, 3.63) is 89.7 Å². The van der Waals surface area contributed by atoms with Crippen molar-refractivity contribution in [2.45, 2.75) is 30.8 Å². The third-order valence-electron chi connectivity index (χ3n) is 5.61. The van der Waals surface area contributed by atoms with Crippen molar-refractivity contribution < 1.29 is 23.1 Å². The highest BCUT2D eigenvalue weighted by Crippen LogP contribution is 2.19. The predicted molar refractivity (Wildman–Crippen MR) is 128 cm³/mol. The zero-order valence-corrected chi connectivity index (χ0v) is 19.6. The van der Waals surface area contributed by atoms with Crippen LogP contribution in [0.4, 0.5) is 0 Å². The third-order valence-corrected chi connectivity index (χ3v) is 7.10. The number of carboxylic acids is 1. The molecule has 9 heteroatoms. The Bertz CT molecular complexity index is 1410. The van der Waals surface area contributed by atoms with Crippen molar-refractivity contribution >= 4 is 27.0 Å². The quantitative estimate of drug-likeness (QED) is 0.381. The van der Waals surface area contributed by atoms with E-state index in [-0.39, 0.29) is 11.3 Å². The molecule has 0 aliphatic heterocycles. The first kappa shape index (κ1) is 23.5. The van der Waals surface area contributed by atoms with Crippen LogP contribution in [-0.4, -0.2) is 42.2 Å². The molecule has 0 fully saturated rings. The number of hydrogen-bond acceptors (Lipinski definition) is 5. The molecule has 1 atom stereocenters. The summed E-state index contributed by atoms with van der Waals surface area (Å²) in [7, 11) is -2.50. The summed E-state index contributed by atoms with van der Waals surface area (Å²) in [5.74, 6) is 0.246. The van der Waals surface area contributed by atoms with Gasteiger partial charge in [-0.1, -0.05) is 36.4 Å². The van der Waals surface area contributed by atoms with Crippen LogP contribution in [0.3, 0.4) is 0 Å². The van der Waals surface area contributed by atoms with E-state index in [9.17, 15) is 18.3 Å². The Kier molecular flexibility index (Phi) is 6.67. The lowest BCUT2D eigenvalue weighted by Crippen LogP contribution is -2.42. The second kappa shape index (κ2) is 9.66. The van der Waals surface area contributed by atoms with Gasteiger partial charge in [-0.15, -0.1) is 0 Å². The lowest BCUT2D eigenvalue weighted by Gasteiger charge is -2.15. The highest BCUT2D eigenvalue weighted by atomic mass is 32.2. The molecule has 4 rings (SSSR count). The van der Waals surface area contributed by atoms with Crippen LogP contribution in [0.2, 0.25) is 0 Å². The molecule has 0 aliphatic carbocycles. The normalized spacial score (nSPS) is 12.5. The van der Waals surface area contributed by atoms with Gasteiger partial charge < -0.3 is 14.4 Å². The maximum atomic E-state index is 12.9. The lowest BCUT2D eigenvalue weighted by molar-refractivity contribution is -0.138. The fourth-order valence-corrected chi connectivity index (χ4v) is 4.97. The van der Waals surface area contributed by atoms with Crippen LogP contribution in [0, 0.1) is 6.92 Å². The number of aliphatic carboxylic acids is 1. The molecule has 0 unspecified atom stereocenters. The summed E-state index contributed by atoms with van der Waals surface area (Å²) >= 11 is 0. The Balaban J connectivity index is 1.50. The van der Waals surface area contributed by atoms with Gasteiger partial charge in [-0.25, -0.2) is 13.4 Å². The molecule has 3 aromatic carbocycles. The number of para-hydroxylation sites is 2. The van der Waals surface area contributed by atoms with Crippen molar-refractivity contribution in [1.29, 1.82) is 0 Å². The topological polar surface area (TPSA) is 111 Å². The Morgan fingerprint density at radius 1 is 1.03 bits per heavy atom. The Morgan fingerprint density at radius 3 is 2.32 bits per heavy atom. The number of aryl methyl sites for hydroxylation is 1. The summed E-state index contributed by atoms with van der Waals surface area (Å²) in [6, 6.07) is 19.8. The molecule has 0 bridgehead atoms. The summed E-state index contributed by atoms with van der Waals surface area (Å²) in [4.78, 5) is 16.3. The maximum Gasteiger partial charge on any atom is 0.322 e. The standard InChI is InChI=1S/C25H25N3O5S/c1-17-26-22-5-3-4-6-24(22)28(17)16-19-9-13-21(14-10-19)34(31,32)27-23(25(29)30)15-18-7-11-20(33-2)12-8-18/h3-14,23,27H,15-16H2,1-2H3,(H,29,30)/t23-/m0/s1. The van der Waals surface area contributed by atoms with Gasteiger partial charge in [0, 0.05) is 6.54 Å². The number of benzene rings is 3. The van der Waals surface area contributed by atoms with Crippen LogP contribution in [0.5, 0.6) is 5.75 Å². The van der Waals surface area contributed by atoms with Crippen LogP contribution < -0.4 is 9.46 Å². The van der Waals surface area contributed by atoms with Crippen LogP contribution >= 0.6 is 0 Å². The number of nitrogens with one attached hydrogen (secondary N) is 1. The fraction of sp³-hybridized carbons (Fsp3) is 0.200. The van der Waals surface area contributed by atoms with Gasteiger partial charge in [-0.05, 0) is 60.9 Å². The van der Waals surface area contributed by atoms with Gasteiger partial charge in [0.15, 0.2) is 0 Å². The zero-order chi connectivity index (χ0) is 24.3. The van der Waals surface area contributed by atoms with E-state index >= 15 is 0 Å². The highest BCUT2D eigenvalue weighted by molar-refractivity contribution is 7.89. The summed E-state index contributed by atoms with van der Waals surface area (Å²) in [6.07, 6.45) is 0.00359. The van der Waals surface area contributed by atoms with Gasteiger partial charge >= 0.3 is 5.97 Å². The number of ether oxygens (including phenoxy) is 1. The first-order valence-electron chi connectivity index (χ1n) is 10.7. The first-order chi connectivity index (χ1) is 16.3. The molecule has 0 saturated heterocycles. The molecule has 1 heterocycles. The van der Waals surface area contributed by atoms with Crippen molar-refractivity contribution in [2.24, 2.45) is 0 Å². The molecule has 2 N–H and O–H groups in total. The maximum absolute atomic E-state index is 12.9. The van der Waals surface area contributed by atoms with E-state index in [1.54, 1.807) is 36.4 Å². The van der Waals surface area contributed by atoms with E-state index in [1.807, 2.05) is 31.2 Å². The van der Waals surface area contributed by atoms with Crippen molar-refractivity contribution in [2.75, 3.05) is 7.11 Å². The molecular formula is C25H25N3O5S. The molecule has 34 heavy (non-hydrogen) atoms. The van der Waals surface area contributed by atoms with Gasteiger partial charge in [-0.2, -0.15) is 4.72 Å². The zero-order valence-electron chi connectivity index (χ0n) is 18.8. The van der Waals surface area contributed by atoms with Crippen molar-refractivity contribution in [3.63, 3.8) is 0 Å². The van der Waals surface area contributed by atoms with Crippen LogP contribution in [0.1, 0.15) is 17.0 Å². The molecule has 0 amide bonds. The number of rotatable bonds is 9. The number of nitrogens with zero attached hydrogens (tertiary/aromatic N) is 2. The molecule has 1 aromatic heterocycles. The molecule has 176 valence electrons. The van der Waals surface area contributed by atoms with E-state index in [0.29, 0.717) is 17.9 Å². The number of imidazole rings is 1. The molecule has 0 saturated carbocycles. The first-order valence-corrected chi connectivity index (χ1v) is 12.1. The molecule has 0 spiro atoms. The molecule has 8 nitrogen and oxygen atoms in total. The molecule has 4 aromatic rings. The summed E-state index contributed by atoms with van der Waals surface area (Å²) in [5, 5.41) is 9.59. The Labute approximate surface area is 197 Å². The average molecular weight is 480 g/mol. The largest absolute Gasteiger partial charge is 0.497 e. The number of sulfonamides is 1. The van der Waals surface area contributed by atoms with E-state index in [2.05, 4.69) is 14.3 Å². The number of hydrogen-bond donors (Lipinski definition) is 2.